The number of ether oxygens (including phenoxy) is 1. The highest BCUT2D eigenvalue weighted by atomic mass is 16.5. The van der Waals surface area contributed by atoms with E-state index in [2.05, 4.69) is 16.3 Å². The van der Waals surface area contributed by atoms with Gasteiger partial charge in [-0.3, -0.25) is 4.79 Å². The molecular weight excluding hydrogens is 302 g/mol. The lowest BCUT2D eigenvalue weighted by atomic mass is 10.1. The molecule has 0 fully saturated rings. The van der Waals surface area contributed by atoms with Crippen molar-refractivity contribution in [2.24, 2.45) is 0 Å². The Morgan fingerprint density at radius 2 is 2.00 bits per heavy atom. The molecule has 0 heterocycles. The van der Waals surface area contributed by atoms with Gasteiger partial charge in [0.05, 0.1) is 18.7 Å². The SMILES string of the molecule is COc1ccc(NC(=O)CCN(C)Cc2cccc(C#N)c2)cc1. The smallest absolute Gasteiger partial charge is 0.225 e. The van der Waals surface area contributed by atoms with Crippen molar-refractivity contribution in [3.8, 4) is 11.8 Å². The fourth-order valence-electron chi connectivity index (χ4n) is 2.32. The van der Waals surface area contributed by atoms with Crippen LogP contribution >= 0.6 is 0 Å². The van der Waals surface area contributed by atoms with Crippen molar-refractivity contribution in [1.29, 1.82) is 5.26 Å². The first-order valence-electron chi connectivity index (χ1n) is 7.72. The number of rotatable bonds is 7. The maximum atomic E-state index is 12.0. The molecule has 2 aromatic rings. The second kappa shape index (κ2) is 8.70. The van der Waals surface area contributed by atoms with E-state index in [1.54, 1.807) is 13.2 Å². The summed E-state index contributed by atoms with van der Waals surface area (Å²) in [6, 6.07) is 16.9. The minimum atomic E-state index is -0.0298. The molecule has 0 bridgehead atoms. The molecule has 0 aliphatic carbocycles. The van der Waals surface area contributed by atoms with Gasteiger partial charge in [-0.2, -0.15) is 5.26 Å². The number of amides is 1. The van der Waals surface area contributed by atoms with Gasteiger partial charge in [0, 0.05) is 25.2 Å². The monoisotopic (exact) mass is 323 g/mol. The Morgan fingerprint density at radius 1 is 1.25 bits per heavy atom. The van der Waals surface area contributed by atoms with Crippen molar-refractivity contribution in [2.45, 2.75) is 13.0 Å². The summed E-state index contributed by atoms with van der Waals surface area (Å²) in [5.74, 6) is 0.727. The maximum Gasteiger partial charge on any atom is 0.225 e. The maximum absolute atomic E-state index is 12.0. The molecule has 5 heteroatoms. The van der Waals surface area contributed by atoms with Crippen molar-refractivity contribution in [3.63, 3.8) is 0 Å². The number of carbonyl (C=O) groups is 1. The quantitative estimate of drug-likeness (QED) is 0.850. The highest BCUT2D eigenvalue weighted by Crippen LogP contribution is 2.15. The van der Waals surface area contributed by atoms with Gasteiger partial charge in [-0.25, -0.2) is 0 Å². The van der Waals surface area contributed by atoms with Gasteiger partial charge in [0.15, 0.2) is 0 Å². The molecule has 24 heavy (non-hydrogen) atoms. The van der Waals surface area contributed by atoms with E-state index in [1.807, 2.05) is 49.5 Å². The highest BCUT2D eigenvalue weighted by Gasteiger charge is 2.06. The van der Waals surface area contributed by atoms with E-state index in [0.717, 1.165) is 17.0 Å². The lowest BCUT2D eigenvalue weighted by molar-refractivity contribution is -0.116. The van der Waals surface area contributed by atoms with Crippen LogP contribution in [0.5, 0.6) is 5.75 Å². The van der Waals surface area contributed by atoms with Crippen LogP contribution in [0.2, 0.25) is 0 Å². The van der Waals surface area contributed by atoms with E-state index >= 15 is 0 Å². The highest BCUT2D eigenvalue weighted by molar-refractivity contribution is 5.90. The zero-order valence-corrected chi connectivity index (χ0v) is 14.0. The summed E-state index contributed by atoms with van der Waals surface area (Å²) in [6.45, 7) is 1.34. The molecule has 2 aromatic carbocycles. The minimum Gasteiger partial charge on any atom is -0.497 e. The average Bonchev–Trinajstić information content (AvgIpc) is 2.61. The normalized spacial score (nSPS) is 10.2. The van der Waals surface area contributed by atoms with Gasteiger partial charge in [-0.15, -0.1) is 0 Å². The lowest BCUT2D eigenvalue weighted by Gasteiger charge is -2.16. The summed E-state index contributed by atoms with van der Waals surface area (Å²) < 4.78 is 5.09. The fraction of sp³-hybridized carbons (Fsp3) is 0.263. The summed E-state index contributed by atoms with van der Waals surface area (Å²) >= 11 is 0. The topological polar surface area (TPSA) is 65.4 Å². The molecule has 5 nitrogen and oxygen atoms in total. The molecular formula is C19H21N3O2. The number of hydrogen-bond donors (Lipinski definition) is 1. The third-order valence-electron chi connectivity index (χ3n) is 3.60. The number of methoxy groups -OCH3 is 1. The first-order chi connectivity index (χ1) is 11.6. The Hall–Kier alpha value is -2.84. The Kier molecular flexibility index (Phi) is 6.35. The zero-order valence-electron chi connectivity index (χ0n) is 14.0. The number of anilines is 1. The molecule has 0 aromatic heterocycles. The van der Waals surface area contributed by atoms with Crippen molar-refractivity contribution in [3.05, 3.63) is 59.7 Å². The number of hydrogen-bond acceptors (Lipinski definition) is 4. The van der Waals surface area contributed by atoms with Gasteiger partial charge in [0.1, 0.15) is 5.75 Å². The summed E-state index contributed by atoms with van der Waals surface area (Å²) in [5, 5.41) is 11.8. The predicted molar refractivity (Wildman–Crippen MR) is 93.7 cm³/mol. The second-order valence-electron chi connectivity index (χ2n) is 5.58. The molecule has 1 N–H and O–H groups in total. The Morgan fingerprint density at radius 3 is 2.67 bits per heavy atom. The molecule has 1 amide bonds. The van der Waals surface area contributed by atoms with Crippen LogP contribution in [-0.2, 0) is 11.3 Å². The minimum absolute atomic E-state index is 0.0298. The van der Waals surface area contributed by atoms with E-state index in [-0.39, 0.29) is 5.91 Å². The Balaban J connectivity index is 1.79. The van der Waals surface area contributed by atoms with Gasteiger partial charge in [0.2, 0.25) is 5.91 Å². The van der Waals surface area contributed by atoms with Crippen LogP contribution in [0.1, 0.15) is 17.5 Å². The molecule has 0 spiro atoms. The van der Waals surface area contributed by atoms with E-state index < -0.39 is 0 Å². The van der Waals surface area contributed by atoms with E-state index in [0.29, 0.717) is 25.1 Å². The third-order valence-corrected chi connectivity index (χ3v) is 3.60. The average molecular weight is 323 g/mol. The molecule has 0 saturated carbocycles. The van der Waals surface area contributed by atoms with E-state index in [4.69, 9.17) is 10.00 Å². The molecule has 124 valence electrons. The molecule has 0 radical (unpaired) electrons. The van der Waals surface area contributed by atoms with Gasteiger partial charge in [0.25, 0.3) is 0 Å². The Labute approximate surface area is 142 Å². The van der Waals surface area contributed by atoms with Crippen LogP contribution in [0, 0.1) is 11.3 Å². The first kappa shape index (κ1) is 17.5. The molecule has 0 aliphatic rings. The molecule has 2 rings (SSSR count). The van der Waals surface area contributed by atoms with Crippen molar-refractivity contribution in [2.75, 3.05) is 26.0 Å². The first-order valence-corrected chi connectivity index (χ1v) is 7.72. The van der Waals surface area contributed by atoms with E-state index in [9.17, 15) is 4.79 Å². The lowest BCUT2D eigenvalue weighted by Crippen LogP contribution is -2.24. The van der Waals surface area contributed by atoms with Crippen molar-refractivity contribution >= 4 is 11.6 Å². The molecule has 0 atom stereocenters. The summed E-state index contributed by atoms with van der Waals surface area (Å²) in [6.07, 6.45) is 0.403. The third kappa shape index (κ3) is 5.41. The van der Waals surface area contributed by atoms with Gasteiger partial charge >= 0.3 is 0 Å². The summed E-state index contributed by atoms with van der Waals surface area (Å²) in [5.41, 5.74) is 2.47. The summed E-state index contributed by atoms with van der Waals surface area (Å²) in [7, 11) is 3.56. The number of nitrogens with zero attached hydrogens (tertiary/aromatic N) is 2. The van der Waals surface area contributed by atoms with Crippen LogP contribution in [0.15, 0.2) is 48.5 Å². The van der Waals surface area contributed by atoms with Crippen molar-refractivity contribution < 1.29 is 9.53 Å². The molecule has 0 unspecified atom stereocenters. The second-order valence-corrected chi connectivity index (χ2v) is 5.58. The largest absolute Gasteiger partial charge is 0.497 e. The Bertz CT molecular complexity index is 720. The zero-order chi connectivity index (χ0) is 17.4. The van der Waals surface area contributed by atoms with E-state index in [1.165, 1.54) is 0 Å². The standard InChI is InChI=1S/C19H21N3O2/c1-22(14-16-5-3-4-15(12-16)13-20)11-10-19(23)21-17-6-8-18(24-2)9-7-17/h3-9,12H,10-11,14H2,1-2H3,(H,21,23). The van der Waals surface area contributed by atoms with Crippen LogP contribution in [0.3, 0.4) is 0 Å². The summed E-state index contributed by atoms with van der Waals surface area (Å²) in [4.78, 5) is 14.1. The predicted octanol–water partition coefficient (Wildman–Crippen LogP) is 3.03. The molecule has 0 aliphatic heterocycles. The van der Waals surface area contributed by atoms with Gasteiger partial charge < -0.3 is 15.0 Å². The number of benzene rings is 2. The van der Waals surface area contributed by atoms with Crippen LogP contribution < -0.4 is 10.1 Å². The number of nitriles is 1. The number of carbonyl (C=O) groups excluding carboxylic acids is 1. The van der Waals surface area contributed by atoms with Crippen LogP contribution in [0.4, 0.5) is 5.69 Å². The fourth-order valence-corrected chi connectivity index (χ4v) is 2.32. The van der Waals surface area contributed by atoms with Gasteiger partial charge in [-0.05, 0) is 49.0 Å². The molecule has 0 saturated heterocycles. The van der Waals surface area contributed by atoms with Crippen LogP contribution in [-0.4, -0.2) is 31.5 Å². The van der Waals surface area contributed by atoms with Crippen LogP contribution in [0.25, 0.3) is 0 Å². The van der Waals surface area contributed by atoms with Crippen molar-refractivity contribution in [1.82, 2.24) is 4.90 Å². The van der Waals surface area contributed by atoms with Gasteiger partial charge in [-0.1, -0.05) is 12.1 Å². The number of nitrogens with one attached hydrogen (secondary N) is 1.